The van der Waals surface area contributed by atoms with Crippen LogP contribution in [0.1, 0.15) is 46.0 Å². The Kier molecular flexibility index (Phi) is 6.98. The third-order valence-corrected chi connectivity index (χ3v) is 4.47. The molecule has 28 heavy (non-hydrogen) atoms. The maximum Gasteiger partial charge on any atom is 0.344 e. The lowest BCUT2D eigenvalue weighted by atomic mass is 10.1. The molecule has 7 nitrogen and oxygen atoms in total. The van der Waals surface area contributed by atoms with E-state index >= 15 is 0 Å². The highest BCUT2D eigenvalue weighted by Gasteiger charge is 2.17. The number of hydrogen-bond donors (Lipinski definition) is 0. The fourth-order valence-corrected chi connectivity index (χ4v) is 2.98. The smallest absolute Gasteiger partial charge is 0.344 e. The van der Waals surface area contributed by atoms with Crippen molar-refractivity contribution in [1.82, 2.24) is 4.57 Å². The summed E-state index contributed by atoms with van der Waals surface area (Å²) in [5.74, 6) is -0.393. The Hall–Kier alpha value is -3.09. The monoisotopic (exact) mass is 387 g/mol. The Labute approximate surface area is 164 Å². The lowest BCUT2D eigenvalue weighted by Gasteiger charge is -2.11. The number of ketones is 2. The van der Waals surface area contributed by atoms with E-state index in [1.807, 2.05) is 25.3 Å². The molecule has 0 aliphatic heterocycles. The van der Waals surface area contributed by atoms with Gasteiger partial charge in [-0.05, 0) is 52.0 Å². The fourth-order valence-electron chi connectivity index (χ4n) is 2.98. The van der Waals surface area contributed by atoms with Crippen LogP contribution >= 0.6 is 0 Å². The number of nitrogens with zero attached hydrogens (tertiary/aromatic N) is 1. The van der Waals surface area contributed by atoms with E-state index in [9.17, 15) is 14.4 Å². The first-order valence-corrected chi connectivity index (χ1v) is 8.95. The molecule has 0 unspecified atom stereocenters. The van der Waals surface area contributed by atoms with Gasteiger partial charge in [0.25, 0.3) is 0 Å². The number of methoxy groups -OCH3 is 1. The van der Waals surface area contributed by atoms with Gasteiger partial charge >= 0.3 is 5.97 Å². The molecule has 0 saturated carbocycles. The topological polar surface area (TPSA) is 83.8 Å². The van der Waals surface area contributed by atoms with Crippen molar-refractivity contribution in [2.24, 2.45) is 0 Å². The molecule has 0 aliphatic carbocycles. The van der Waals surface area contributed by atoms with Crippen LogP contribution in [-0.2, 0) is 16.1 Å². The van der Waals surface area contributed by atoms with Crippen LogP contribution in [0, 0.1) is 13.8 Å². The zero-order valence-corrected chi connectivity index (χ0v) is 16.8. The van der Waals surface area contributed by atoms with Crippen LogP contribution in [-0.4, -0.2) is 42.4 Å². The molecule has 0 saturated heterocycles. The van der Waals surface area contributed by atoms with E-state index in [0.717, 1.165) is 17.9 Å². The number of aromatic nitrogens is 1. The number of carbonyl (C=O) groups is 3. The van der Waals surface area contributed by atoms with Gasteiger partial charge in [-0.25, -0.2) is 4.79 Å². The summed E-state index contributed by atoms with van der Waals surface area (Å²) in [6.07, 6.45) is 0. The summed E-state index contributed by atoms with van der Waals surface area (Å²) in [6.45, 7) is 7.28. The highest BCUT2D eigenvalue weighted by Crippen LogP contribution is 2.28. The van der Waals surface area contributed by atoms with Crippen molar-refractivity contribution < 1.29 is 28.6 Å². The Morgan fingerprint density at radius 2 is 1.75 bits per heavy atom. The van der Waals surface area contributed by atoms with Gasteiger partial charge in [-0.3, -0.25) is 9.59 Å². The second-order valence-corrected chi connectivity index (χ2v) is 6.32. The zero-order chi connectivity index (χ0) is 20.8. The second kappa shape index (κ2) is 9.21. The molecule has 2 rings (SSSR count). The summed E-state index contributed by atoms with van der Waals surface area (Å²) >= 11 is 0. The first kappa shape index (κ1) is 21.2. The van der Waals surface area contributed by atoms with Gasteiger partial charge in [-0.15, -0.1) is 0 Å². The van der Waals surface area contributed by atoms with E-state index in [4.69, 9.17) is 14.2 Å². The van der Waals surface area contributed by atoms with Gasteiger partial charge in [-0.2, -0.15) is 0 Å². The van der Waals surface area contributed by atoms with E-state index in [2.05, 4.69) is 0 Å². The van der Waals surface area contributed by atoms with Crippen LogP contribution in [0.2, 0.25) is 0 Å². The minimum absolute atomic E-state index is 0.106. The number of Topliss-reactive ketones (excluding diaryl/α,β-unsaturated/α-hetero) is 2. The summed E-state index contributed by atoms with van der Waals surface area (Å²) in [5, 5.41) is 0. The van der Waals surface area contributed by atoms with Crippen molar-refractivity contribution in [1.29, 1.82) is 0 Å². The minimum atomic E-state index is -0.671. The molecular formula is C21H25NO6. The predicted octanol–water partition coefficient (Wildman–Crippen LogP) is 3.14. The molecule has 150 valence electrons. The quantitative estimate of drug-likeness (QED) is 0.485. The molecule has 0 N–H and O–H groups in total. The van der Waals surface area contributed by atoms with E-state index in [1.165, 1.54) is 20.1 Å². The summed E-state index contributed by atoms with van der Waals surface area (Å²) < 4.78 is 17.6. The molecule has 2 aromatic rings. The number of rotatable bonds is 9. The van der Waals surface area contributed by atoms with E-state index in [0.29, 0.717) is 22.6 Å². The summed E-state index contributed by atoms with van der Waals surface area (Å²) in [5.41, 5.74) is 2.86. The lowest BCUT2D eigenvalue weighted by molar-refractivity contribution is -0.144. The number of benzene rings is 1. The highest BCUT2D eigenvalue weighted by molar-refractivity contribution is 5.99. The Morgan fingerprint density at radius 1 is 1.04 bits per heavy atom. The molecule has 1 heterocycles. The number of carbonyl (C=O) groups excluding carboxylic acids is 3. The molecule has 0 atom stereocenters. The number of esters is 1. The van der Waals surface area contributed by atoms with Crippen LogP contribution < -0.4 is 9.47 Å². The van der Waals surface area contributed by atoms with Crippen LogP contribution in [0.15, 0.2) is 24.3 Å². The van der Waals surface area contributed by atoms with Gasteiger partial charge in [-0.1, -0.05) is 0 Å². The predicted molar refractivity (Wildman–Crippen MR) is 103 cm³/mol. The van der Waals surface area contributed by atoms with Crippen molar-refractivity contribution in [3.05, 3.63) is 46.8 Å². The fraction of sp³-hybridized carbons (Fsp3) is 0.381. The molecule has 1 aromatic carbocycles. The van der Waals surface area contributed by atoms with Gasteiger partial charge < -0.3 is 18.8 Å². The molecule has 0 bridgehead atoms. The largest absolute Gasteiger partial charge is 0.493 e. The van der Waals surface area contributed by atoms with Crippen LogP contribution in [0.25, 0.3) is 0 Å². The zero-order valence-electron chi connectivity index (χ0n) is 16.8. The summed E-state index contributed by atoms with van der Waals surface area (Å²) in [4.78, 5) is 35.7. The Bertz CT molecular complexity index is 897. The molecule has 0 spiro atoms. The van der Waals surface area contributed by atoms with E-state index in [1.54, 1.807) is 18.2 Å². The molecule has 0 amide bonds. The number of aryl methyl sites for hydroxylation is 1. The van der Waals surface area contributed by atoms with Crippen molar-refractivity contribution >= 4 is 17.5 Å². The van der Waals surface area contributed by atoms with Gasteiger partial charge in [0, 0.05) is 29.1 Å². The first-order chi connectivity index (χ1) is 13.3. The van der Waals surface area contributed by atoms with Gasteiger partial charge in [0.2, 0.25) is 5.78 Å². The second-order valence-electron chi connectivity index (χ2n) is 6.32. The average Bonchev–Trinajstić information content (AvgIpc) is 2.97. The molecule has 0 fully saturated rings. The van der Waals surface area contributed by atoms with Crippen LogP contribution in [0.4, 0.5) is 0 Å². The Balaban J connectivity index is 1.93. The first-order valence-electron chi connectivity index (χ1n) is 8.95. The standard InChI is InChI=1S/C21H25NO6/c1-6-22-13(2)9-17(14(22)3)18(24)11-28-21(25)12-27-19-8-7-16(15(4)23)10-20(19)26-5/h7-10H,6,11-12H2,1-5H3. The van der Waals surface area contributed by atoms with Crippen molar-refractivity contribution in [2.45, 2.75) is 34.2 Å². The van der Waals surface area contributed by atoms with Crippen molar-refractivity contribution in [3.63, 3.8) is 0 Å². The third kappa shape index (κ3) is 4.79. The SMILES string of the molecule is CCn1c(C)cc(C(=O)COC(=O)COc2ccc(C(C)=O)cc2OC)c1C. The van der Waals surface area contributed by atoms with Crippen molar-refractivity contribution in [2.75, 3.05) is 20.3 Å². The van der Waals surface area contributed by atoms with Crippen LogP contribution in [0.5, 0.6) is 11.5 Å². The maximum atomic E-state index is 12.3. The number of hydrogen-bond acceptors (Lipinski definition) is 6. The third-order valence-electron chi connectivity index (χ3n) is 4.47. The van der Waals surface area contributed by atoms with Crippen molar-refractivity contribution in [3.8, 4) is 11.5 Å². The maximum absolute atomic E-state index is 12.3. The highest BCUT2D eigenvalue weighted by atomic mass is 16.6. The molecule has 1 aromatic heterocycles. The van der Waals surface area contributed by atoms with Gasteiger partial charge in [0.05, 0.1) is 7.11 Å². The van der Waals surface area contributed by atoms with Crippen LogP contribution in [0.3, 0.4) is 0 Å². The van der Waals surface area contributed by atoms with Gasteiger partial charge in [0.15, 0.2) is 30.5 Å². The average molecular weight is 387 g/mol. The molecule has 7 heteroatoms. The normalized spacial score (nSPS) is 10.5. The minimum Gasteiger partial charge on any atom is -0.493 e. The molecular weight excluding hydrogens is 362 g/mol. The number of ether oxygens (including phenoxy) is 3. The lowest BCUT2D eigenvalue weighted by Crippen LogP contribution is -2.20. The van der Waals surface area contributed by atoms with Gasteiger partial charge in [0.1, 0.15) is 0 Å². The molecule has 0 radical (unpaired) electrons. The van der Waals surface area contributed by atoms with E-state index in [-0.39, 0.29) is 24.8 Å². The summed E-state index contributed by atoms with van der Waals surface area (Å²) in [7, 11) is 1.44. The Morgan fingerprint density at radius 3 is 2.32 bits per heavy atom. The van der Waals surface area contributed by atoms with E-state index < -0.39 is 5.97 Å². The molecule has 0 aliphatic rings. The summed E-state index contributed by atoms with van der Waals surface area (Å²) in [6, 6.07) is 6.47.